The molecule has 144 valence electrons. The van der Waals surface area contributed by atoms with Crippen LogP contribution in [-0.4, -0.2) is 23.0 Å². The van der Waals surface area contributed by atoms with Crippen LogP contribution in [0.3, 0.4) is 0 Å². The van der Waals surface area contributed by atoms with Gasteiger partial charge in [-0.05, 0) is 35.7 Å². The van der Waals surface area contributed by atoms with Gasteiger partial charge in [0.05, 0.1) is 5.56 Å². The number of halogens is 3. The van der Waals surface area contributed by atoms with E-state index in [0.29, 0.717) is 0 Å². The van der Waals surface area contributed by atoms with E-state index < -0.39 is 35.7 Å². The smallest absolute Gasteiger partial charge is 0.378 e. The average molecular weight is 380 g/mol. The Kier molecular flexibility index (Phi) is 6.22. The van der Waals surface area contributed by atoms with E-state index in [-0.39, 0.29) is 12.0 Å². The molecule has 0 unspecified atom stereocenters. The molecule has 0 bridgehead atoms. The molecule has 2 rings (SSSR count). The van der Waals surface area contributed by atoms with Crippen LogP contribution in [0.4, 0.5) is 13.2 Å². The summed E-state index contributed by atoms with van der Waals surface area (Å²) in [4.78, 5) is 23.9. The van der Waals surface area contributed by atoms with Gasteiger partial charge in [-0.15, -0.1) is 0 Å². The number of primary amides is 1. The van der Waals surface area contributed by atoms with Crippen molar-refractivity contribution in [3.8, 4) is 0 Å². The number of carbonyl (C=O) groups is 2. The lowest BCUT2D eigenvalue weighted by atomic mass is 10.00. The summed E-state index contributed by atoms with van der Waals surface area (Å²) in [5, 5.41) is 12.4. The molecule has 2 atom stereocenters. The van der Waals surface area contributed by atoms with Crippen molar-refractivity contribution in [3.05, 3.63) is 70.8 Å². The molecule has 0 radical (unpaired) electrons. The molecule has 2 amide bonds. The molecule has 8 heteroatoms. The fourth-order valence-electron chi connectivity index (χ4n) is 2.54. The number of nitrogens with two attached hydrogens (primary N) is 1. The summed E-state index contributed by atoms with van der Waals surface area (Å²) < 4.78 is 37.8. The van der Waals surface area contributed by atoms with Crippen LogP contribution in [0.1, 0.15) is 28.4 Å². The predicted octanol–water partition coefficient (Wildman–Crippen LogP) is 2.26. The zero-order valence-electron chi connectivity index (χ0n) is 14.5. The Balaban J connectivity index is 2.10. The van der Waals surface area contributed by atoms with Crippen molar-refractivity contribution in [1.82, 2.24) is 5.32 Å². The van der Waals surface area contributed by atoms with Crippen molar-refractivity contribution >= 4 is 11.8 Å². The van der Waals surface area contributed by atoms with E-state index in [9.17, 15) is 27.9 Å². The molecule has 0 fully saturated rings. The lowest BCUT2D eigenvalue weighted by Gasteiger charge is -2.19. The van der Waals surface area contributed by atoms with E-state index in [4.69, 9.17) is 5.73 Å². The number of aliphatic hydroxyl groups excluding tert-OH is 1. The number of alkyl halides is 3. The second-order valence-electron chi connectivity index (χ2n) is 6.12. The van der Waals surface area contributed by atoms with E-state index in [1.165, 1.54) is 0 Å². The Morgan fingerprint density at radius 3 is 2.22 bits per heavy atom. The van der Waals surface area contributed by atoms with E-state index in [1.807, 2.05) is 19.1 Å². The van der Waals surface area contributed by atoms with Gasteiger partial charge in [-0.25, -0.2) is 0 Å². The third-order valence-electron chi connectivity index (χ3n) is 4.15. The summed E-state index contributed by atoms with van der Waals surface area (Å²) in [7, 11) is 0. The van der Waals surface area contributed by atoms with Gasteiger partial charge in [0.1, 0.15) is 6.04 Å². The first kappa shape index (κ1) is 20.4. The van der Waals surface area contributed by atoms with Gasteiger partial charge in [0.15, 0.2) is 6.10 Å². The Bertz CT molecular complexity index is 820. The van der Waals surface area contributed by atoms with E-state index >= 15 is 0 Å². The number of hydrogen-bond donors (Lipinski definition) is 3. The van der Waals surface area contributed by atoms with E-state index in [2.05, 4.69) is 5.32 Å². The number of rotatable bonds is 6. The Hall–Kier alpha value is -2.87. The maximum absolute atomic E-state index is 12.6. The summed E-state index contributed by atoms with van der Waals surface area (Å²) in [6, 6.07) is 9.71. The highest BCUT2D eigenvalue weighted by Gasteiger charge is 2.31. The minimum Gasteiger partial charge on any atom is -0.378 e. The van der Waals surface area contributed by atoms with Gasteiger partial charge in [-0.1, -0.05) is 36.4 Å². The summed E-state index contributed by atoms with van der Waals surface area (Å²) in [5.74, 6) is -1.71. The Morgan fingerprint density at radius 1 is 1.11 bits per heavy atom. The molecule has 2 aromatic carbocycles. The zero-order chi connectivity index (χ0) is 20.2. The van der Waals surface area contributed by atoms with Crippen LogP contribution >= 0.6 is 0 Å². The first-order chi connectivity index (χ1) is 12.6. The van der Waals surface area contributed by atoms with Gasteiger partial charge in [0.25, 0.3) is 5.91 Å². The fraction of sp³-hybridized carbons (Fsp3) is 0.263. The quantitative estimate of drug-likeness (QED) is 0.718. The molecule has 0 aromatic heterocycles. The SMILES string of the molecule is Cc1ccccc1C[C@@H](NC(=O)[C@H](O)c1ccc(C(F)(F)F)cc1)C(N)=O. The monoisotopic (exact) mass is 380 g/mol. The normalized spacial score (nSPS) is 13.7. The average Bonchev–Trinajstić information content (AvgIpc) is 2.61. The number of benzene rings is 2. The first-order valence-corrected chi connectivity index (χ1v) is 8.09. The third-order valence-corrected chi connectivity index (χ3v) is 4.15. The van der Waals surface area contributed by atoms with Crippen molar-refractivity contribution in [2.24, 2.45) is 5.73 Å². The summed E-state index contributed by atoms with van der Waals surface area (Å²) in [6.45, 7) is 1.84. The number of hydrogen-bond acceptors (Lipinski definition) is 3. The molecule has 0 spiro atoms. The first-order valence-electron chi connectivity index (χ1n) is 8.09. The lowest BCUT2D eigenvalue weighted by molar-refractivity contribution is -0.137. The molecule has 27 heavy (non-hydrogen) atoms. The molecule has 0 saturated heterocycles. The van der Waals surface area contributed by atoms with Crippen molar-refractivity contribution in [2.75, 3.05) is 0 Å². The lowest BCUT2D eigenvalue weighted by Crippen LogP contribution is -2.47. The molecular formula is C19H19F3N2O3. The maximum atomic E-state index is 12.6. The number of aryl methyl sites for hydroxylation is 1. The van der Waals surface area contributed by atoms with Gasteiger partial charge in [-0.2, -0.15) is 13.2 Å². The van der Waals surface area contributed by atoms with E-state index in [0.717, 1.165) is 35.4 Å². The highest BCUT2D eigenvalue weighted by molar-refractivity contribution is 5.89. The van der Waals surface area contributed by atoms with Crippen LogP contribution in [-0.2, 0) is 22.2 Å². The van der Waals surface area contributed by atoms with Crippen molar-refractivity contribution in [2.45, 2.75) is 31.7 Å². The van der Waals surface area contributed by atoms with Crippen molar-refractivity contribution < 1.29 is 27.9 Å². The highest BCUT2D eigenvalue weighted by atomic mass is 19.4. The van der Waals surface area contributed by atoms with Crippen LogP contribution in [0.2, 0.25) is 0 Å². The van der Waals surface area contributed by atoms with Crippen LogP contribution in [0.5, 0.6) is 0 Å². The minimum absolute atomic E-state index is 0.0281. The Labute approximate surface area is 154 Å². The molecule has 4 N–H and O–H groups in total. The number of carbonyl (C=O) groups excluding carboxylic acids is 2. The van der Waals surface area contributed by atoms with Gasteiger partial charge in [-0.3, -0.25) is 9.59 Å². The molecule has 0 aliphatic carbocycles. The summed E-state index contributed by atoms with van der Waals surface area (Å²) >= 11 is 0. The molecule has 2 aromatic rings. The highest BCUT2D eigenvalue weighted by Crippen LogP contribution is 2.30. The van der Waals surface area contributed by atoms with Crippen LogP contribution < -0.4 is 11.1 Å². The van der Waals surface area contributed by atoms with Crippen LogP contribution in [0, 0.1) is 6.92 Å². The molecule has 5 nitrogen and oxygen atoms in total. The van der Waals surface area contributed by atoms with Gasteiger partial charge < -0.3 is 16.2 Å². The Morgan fingerprint density at radius 2 is 1.70 bits per heavy atom. The molecule has 0 aliphatic heterocycles. The van der Waals surface area contributed by atoms with Crippen molar-refractivity contribution in [1.29, 1.82) is 0 Å². The number of amides is 2. The van der Waals surface area contributed by atoms with Gasteiger partial charge >= 0.3 is 6.18 Å². The topological polar surface area (TPSA) is 92.4 Å². The molecule has 0 aliphatic rings. The third kappa shape index (κ3) is 5.30. The maximum Gasteiger partial charge on any atom is 0.416 e. The second-order valence-corrected chi connectivity index (χ2v) is 6.12. The van der Waals surface area contributed by atoms with E-state index in [1.54, 1.807) is 12.1 Å². The molecule has 0 saturated carbocycles. The zero-order valence-corrected chi connectivity index (χ0v) is 14.5. The summed E-state index contributed by atoms with van der Waals surface area (Å²) in [6.07, 6.45) is -6.12. The second kappa shape index (κ2) is 8.22. The predicted molar refractivity (Wildman–Crippen MR) is 92.4 cm³/mol. The molecular weight excluding hydrogens is 361 g/mol. The standard InChI is InChI=1S/C19H19F3N2O3/c1-11-4-2-3-5-13(11)10-15(17(23)26)24-18(27)16(25)12-6-8-14(9-7-12)19(20,21)22/h2-9,15-16,25H,10H2,1H3,(H2,23,26)(H,24,27)/t15-,16-/m1/s1. The van der Waals surface area contributed by atoms with Crippen LogP contribution in [0.15, 0.2) is 48.5 Å². The number of nitrogens with one attached hydrogen (secondary N) is 1. The summed E-state index contributed by atoms with van der Waals surface area (Å²) in [5.41, 5.74) is 6.11. The molecule has 0 heterocycles. The minimum atomic E-state index is -4.52. The van der Waals surface area contributed by atoms with Gasteiger partial charge in [0, 0.05) is 6.42 Å². The van der Waals surface area contributed by atoms with Crippen molar-refractivity contribution in [3.63, 3.8) is 0 Å². The fourth-order valence-corrected chi connectivity index (χ4v) is 2.54. The van der Waals surface area contributed by atoms with Crippen LogP contribution in [0.25, 0.3) is 0 Å². The van der Waals surface area contributed by atoms with Gasteiger partial charge in [0.2, 0.25) is 5.91 Å². The number of aliphatic hydroxyl groups is 1. The largest absolute Gasteiger partial charge is 0.416 e.